The molecule has 0 bridgehead atoms. The van der Waals surface area contributed by atoms with Crippen molar-refractivity contribution in [2.24, 2.45) is 5.73 Å². The molecule has 0 fully saturated rings. The summed E-state index contributed by atoms with van der Waals surface area (Å²) in [7, 11) is 0. The lowest BCUT2D eigenvalue weighted by Gasteiger charge is -2.06. The van der Waals surface area contributed by atoms with Crippen molar-refractivity contribution >= 4 is 15.9 Å². The van der Waals surface area contributed by atoms with Gasteiger partial charge in [-0.3, -0.25) is 4.98 Å². The van der Waals surface area contributed by atoms with Gasteiger partial charge in [0.1, 0.15) is 5.75 Å². The van der Waals surface area contributed by atoms with E-state index in [4.69, 9.17) is 10.5 Å². The third kappa shape index (κ3) is 2.56. The zero-order valence-corrected chi connectivity index (χ0v) is 10.0. The molecule has 5 heteroatoms. The molecule has 0 saturated carbocycles. The first-order valence-electron chi connectivity index (χ1n) is 4.73. The molecule has 0 unspecified atom stereocenters. The van der Waals surface area contributed by atoms with Crippen molar-refractivity contribution in [2.75, 3.05) is 0 Å². The molecule has 16 heavy (non-hydrogen) atoms. The maximum atomic E-state index is 5.55. The van der Waals surface area contributed by atoms with E-state index in [0.29, 0.717) is 18.2 Å². The van der Waals surface area contributed by atoms with Crippen LogP contribution in [0, 0.1) is 0 Å². The van der Waals surface area contributed by atoms with E-state index in [-0.39, 0.29) is 0 Å². The summed E-state index contributed by atoms with van der Waals surface area (Å²) in [6, 6.07) is 7.56. The van der Waals surface area contributed by atoms with Gasteiger partial charge in [0.05, 0.1) is 22.6 Å². The molecule has 0 amide bonds. The van der Waals surface area contributed by atoms with Crippen molar-refractivity contribution < 1.29 is 4.74 Å². The molecule has 1 heterocycles. The largest absolute Gasteiger partial charge is 0.436 e. The molecule has 0 saturated heterocycles. The highest BCUT2D eigenvalue weighted by molar-refractivity contribution is 9.10. The lowest BCUT2D eigenvalue weighted by Crippen LogP contribution is -2.00. The van der Waals surface area contributed by atoms with Gasteiger partial charge in [0.25, 0.3) is 0 Å². The fourth-order valence-electron chi connectivity index (χ4n) is 1.14. The number of hydrogen-bond acceptors (Lipinski definition) is 4. The van der Waals surface area contributed by atoms with Crippen LogP contribution in [-0.4, -0.2) is 9.97 Å². The third-order valence-corrected chi connectivity index (χ3v) is 2.60. The second-order valence-electron chi connectivity index (χ2n) is 3.08. The standard InChI is InChI=1S/C11H10BrN3O/c12-9-3-1-2-4-10(9)16-11-7-14-8(5-13)6-15-11/h1-4,6-7H,5,13H2. The minimum Gasteiger partial charge on any atom is -0.436 e. The first kappa shape index (κ1) is 11.0. The van der Waals surface area contributed by atoms with Crippen molar-refractivity contribution in [1.29, 1.82) is 0 Å². The molecule has 1 aromatic heterocycles. The number of aromatic nitrogens is 2. The summed E-state index contributed by atoms with van der Waals surface area (Å²) in [6.07, 6.45) is 3.16. The number of halogens is 1. The number of ether oxygens (including phenoxy) is 1. The van der Waals surface area contributed by atoms with E-state index >= 15 is 0 Å². The highest BCUT2D eigenvalue weighted by atomic mass is 79.9. The second kappa shape index (κ2) is 5.05. The van der Waals surface area contributed by atoms with Gasteiger partial charge >= 0.3 is 0 Å². The van der Waals surface area contributed by atoms with Gasteiger partial charge in [0, 0.05) is 6.54 Å². The van der Waals surface area contributed by atoms with E-state index in [9.17, 15) is 0 Å². The minimum atomic E-state index is 0.377. The highest BCUT2D eigenvalue weighted by Gasteiger charge is 2.02. The summed E-state index contributed by atoms with van der Waals surface area (Å²) < 4.78 is 6.42. The predicted octanol–water partition coefficient (Wildman–Crippen LogP) is 2.49. The molecule has 1 aromatic carbocycles. The monoisotopic (exact) mass is 279 g/mol. The maximum absolute atomic E-state index is 5.55. The van der Waals surface area contributed by atoms with Crippen LogP contribution in [0.15, 0.2) is 41.1 Å². The van der Waals surface area contributed by atoms with Crippen molar-refractivity contribution in [1.82, 2.24) is 9.97 Å². The Morgan fingerprint density at radius 2 is 2.00 bits per heavy atom. The molecule has 2 N–H and O–H groups in total. The normalized spacial score (nSPS) is 10.1. The zero-order chi connectivity index (χ0) is 11.4. The van der Waals surface area contributed by atoms with Gasteiger partial charge in [-0.2, -0.15) is 0 Å². The maximum Gasteiger partial charge on any atom is 0.237 e. The van der Waals surface area contributed by atoms with Crippen LogP contribution >= 0.6 is 15.9 Å². The van der Waals surface area contributed by atoms with Crippen molar-refractivity contribution in [2.45, 2.75) is 6.54 Å². The van der Waals surface area contributed by atoms with Crippen LogP contribution in [0.5, 0.6) is 11.6 Å². The summed E-state index contributed by atoms with van der Waals surface area (Å²) in [5.41, 5.74) is 6.16. The van der Waals surface area contributed by atoms with Crippen LogP contribution in [0.3, 0.4) is 0 Å². The van der Waals surface area contributed by atoms with Gasteiger partial charge in [-0.25, -0.2) is 4.98 Å². The number of nitrogens with two attached hydrogens (primary N) is 1. The lowest BCUT2D eigenvalue weighted by molar-refractivity contribution is 0.456. The van der Waals surface area contributed by atoms with Crippen LogP contribution in [0.2, 0.25) is 0 Å². The summed E-state index contributed by atoms with van der Waals surface area (Å²) in [5.74, 6) is 1.15. The molecular formula is C11H10BrN3O. The summed E-state index contributed by atoms with van der Waals surface area (Å²) in [6.45, 7) is 0.377. The lowest BCUT2D eigenvalue weighted by atomic mass is 10.3. The van der Waals surface area contributed by atoms with Gasteiger partial charge in [-0.05, 0) is 28.1 Å². The van der Waals surface area contributed by atoms with Gasteiger partial charge in [0.2, 0.25) is 5.88 Å². The third-order valence-electron chi connectivity index (χ3n) is 1.94. The van der Waals surface area contributed by atoms with Gasteiger partial charge in [-0.15, -0.1) is 0 Å². The highest BCUT2D eigenvalue weighted by Crippen LogP contribution is 2.27. The average molecular weight is 280 g/mol. The molecule has 4 nitrogen and oxygen atoms in total. The Hall–Kier alpha value is -1.46. The Bertz CT molecular complexity index is 473. The van der Waals surface area contributed by atoms with Crippen LogP contribution < -0.4 is 10.5 Å². The van der Waals surface area contributed by atoms with Gasteiger partial charge in [-0.1, -0.05) is 12.1 Å². The molecule has 0 aliphatic rings. The number of rotatable bonds is 3. The molecule has 0 radical (unpaired) electrons. The van der Waals surface area contributed by atoms with E-state index in [1.807, 2.05) is 24.3 Å². The van der Waals surface area contributed by atoms with Crippen LogP contribution in [0.25, 0.3) is 0 Å². The summed E-state index contributed by atoms with van der Waals surface area (Å²) >= 11 is 3.39. The number of nitrogens with zero attached hydrogens (tertiary/aromatic N) is 2. The number of para-hydroxylation sites is 1. The van der Waals surface area contributed by atoms with Crippen molar-refractivity contribution in [3.05, 3.63) is 46.8 Å². The van der Waals surface area contributed by atoms with E-state index in [1.54, 1.807) is 12.4 Å². The van der Waals surface area contributed by atoms with E-state index in [1.165, 1.54) is 0 Å². The van der Waals surface area contributed by atoms with Crippen LogP contribution in [0.4, 0.5) is 0 Å². The topological polar surface area (TPSA) is 61.0 Å². The molecule has 0 aliphatic heterocycles. The first-order chi connectivity index (χ1) is 7.79. The first-order valence-corrected chi connectivity index (χ1v) is 5.52. The van der Waals surface area contributed by atoms with Gasteiger partial charge < -0.3 is 10.5 Å². The molecule has 0 atom stereocenters. The fraction of sp³-hybridized carbons (Fsp3) is 0.0909. The molecule has 2 aromatic rings. The number of benzene rings is 1. The van der Waals surface area contributed by atoms with Crippen molar-refractivity contribution in [3.8, 4) is 11.6 Å². The minimum absolute atomic E-state index is 0.377. The molecule has 0 aliphatic carbocycles. The Morgan fingerprint density at radius 1 is 1.19 bits per heavy atom. The molecular weight excluding hydrogens is 270 g/mol. The molecule has 2 rings (SSSR count). The Labute approximate surface area is 102 Å². The second-order valence-corrected chi connectivity index (χ2v) is 3.94. The Kier molecular flexibility index (Phi) is 3.48. The fourth-order valence-corrected chi connectivity index (χ4v) is 1.51. The van der Waals surface area contributed by atoms with Crippen LogP contribution in [-0.2, 0) is 6.54 Å². The van der Waals surface area contributed by atoms with E-state index in [2.05, 4.69) is 25.9 Å². The van der Waals surface area contributed by atoms with Crippen molar-refractivity contribution in [3.63, 3.8) is 0 Å². The van der Waals surface area contributed by atoms with E-state index in [0.717, 1.165) is 10.2 Å². The Balaban J connectivity index is 2.18. The van der Waals surface area contributed by atoms with Crippen LogP contribution in [0.1, 0.15) is 5.69 Å². The zero-order valence-electron chi connectivity index (χ0n) is 8.43. The van der Waals surface area contributed by atoms with Gasteiger partial charge in [0.15, 0.2) is 0 Å². The summed E-state index contributed by atoms with van der Waals surface area (Å²) in [4.78, 5) is 8.20. The predicted molar refractivity (Wildman–Crippen MR) is 64.1 cm³/mol. The quantitative estimate of drug-likeness (QED) is 0.938. The molecule has 0 spiro atoms. The summed E-state index contributed by atoms with van der Waals surface area (Å²) in [5, 5.41) is 0. The van der Waals surface area contributed by atoms with E-state index < -0.39 is 0 Å². The molecule has 82 valence electrons. The number of hydrogen-bond donors (Lipinski definition) is 1. The Morgan fingerprint density at radius 3 is 2.62 bits per heavy atom. The average Bonchev–Trinajstić information content (AvgIpc) is 2.33. The SMILES string of the molecule is NCc1cnc(Oc2ccccc2Br)cn1. The smallest absolute Gasteiger partial charge is 0.237 e.